The molecule has 8 heteroatoms. The maximum absolute atomic E-state index is 11.8. The zero-order valence-corrected chi connectivity index (χ0v) is 11.5. The lowest BCUT2D eigenvalue weighted by Gasteiger charge is -2.12. The number of nitrogens with zero attached hydrogens (tertiary/aromatic N) is 1. The van der Waals surface area contributed by atoms with Gasteiger partial charge in [-0.05, 0) is 19.9 Å². The number of ether oxygens (including phenoxy) is 2. The number of hydrogen-bond acceptors (Lipinski definition) is 6. The van der Waals surface area contributed by atoms with Crippen molar-refractivity contribution < 1.29 is 24.0 Å². The maximum Gasteiger partial charge on any atom is 0.347 e. The van der Waals surface area contributed by atoms with Gasteiger partial charge in [-0.25, -0.2) is 9.59 Å². The highest BCUT2D eigenvalue weighted by atomic mass is 35.5. The van der Waals surface area contributed by atoms with Gasteiger partial charge in [0.05, 0.1) is 22.1 Å². The summed E-state index contributed by atoms with van der Waals surface area (Å²) in [6.45, 7) is 3.15. The Morgan fingerprint density at radius 1 is 1.45 bits per heavy atom. The third-order valence-electron chi connectivity index (χ3n) is 2.29. The van der Waals surface area contributed by atoms with Crippen LogP contribution in [0.25, 0.3) is 0 Å². The lowest BCUT2D eigenvalue weighted by atomic mass is 10.2. The van der Waals surface area contributed by atoms with Gasteiger partial charge in [-0.3, -0.25) is 10.1 Å². The van der Waals surface area contributed by atoms with Gasteiger partial charge in [-0.2, -0.15) is 0 Å². The number of nitro benzene ring substituents is 1. The Morgan fingerprint density at radius 3 is 2.60 bits per heavy atom. The second-order valence-corrected chi connectivity index (χ2v) is 4.13. The predicted octanol–water partition coefficient (Wildman–Crippen LogP) is 2.36. The van der Waals surface area contributed by atoms with Crippen molar-refractivity contribution in [1.29, 1.82) is 0 Å². The highest BCUT2D eigenvalue weighted by Gasteiger charge is 2.22. The molecule has 0 bridgehead atoms. The van der Waals surface area contributed by atoms with E-state index >= 15 is 0 Å². The van der Waals surface area contributed by atoms with Gasteiger partial charge in [0.25, 0.3) is 5.69 Å². The second kappa shape index (κ2) is 6.85. The number of esters is 2. The molecule has 0 amide bonds. The molecule has 0 fully saturated rings. The fourth-order valence-corrected chi connectivity index (χ4v) is 1.57. The van der Waals surface area contributed by atoms with E-state index in [0.29, 0.717) is 0 Å². The molecule has 0 unspecified atom stereocenters. The first kappa shape index (κ1) is 15.9. The van der Waals surface area contributed by atoms with Crippen molar-refractivity contribution in [2.24, 2.45) is 0 Å². The van der Waals surface area contributed by atoms with Gasteiger partial charge >= 0.3 is 11.9 Å². The Morgan fingerprint density at radius 2 is 2.10 bits per heavy atom. The van der Waals surface area contributed by atoms with Crippen LogP contribution in [-0.2, 0) is 14.3 Å². The number of benzene rings is 1. The Bertz CT molecular complexity index is 545. The Balaban J connectivity index is 2.83. The number of nitro groups is 1. The van der Waals surface area contributed by atoms with Gasteiger partial charge in [-0.15, -0.1) is 0 Å². The normalized spacial score (nSPS) is 11.6. The van der Waals surface area contributed by atoms with E-state index in [2.05, 4.69) is 4.74 Å². The summed E-state index contributed by atoms with van der Waals surface area (Å²) in [7, 11) is 0. The quantitative estimate of drug-likeness (QED) is 0.470. The Hall–Kier alpha value is -2.15. The molecule has 1 aromatic rings. The third-order valence-corrected chi connectivity index (χ3v) is 2.60. The van der Waals surface area contributed by atoms with Crippen LogP contribution in [-0.4, -0.2) is 29.6 Å². The fourth-order valence-electron chi connectivity index (χ4n) is 1.31. The number of halogens is 1. The molecule has 0 spiro atoms. The Labute approximate surface area is 119 Å². The first-order valence-electron chi connectivity index (χ1n) is 5.68. The van der Waals surface area contributed by atoms with Crippen molar-refractivity contribution in [3.8, 4) is 0 Å². The molecule has 0 aliphatic rings. The standard InChI is InChI=1S/C12H12ClNO6/c1-3-19-11(15)7(2)20-12(16)9-5-4-8(14(17)18)6-10(9)13/h4-7H,3H2,1-2H3/t7-/m1/s1. The van der Waals surface area contributed by atoms with E-state index in [1.54, 1.807) is 6.92 Å². The summed E-state index contributed by atoms with van der Waals surface area (Å²) in [5.41, 5.74) is -0.307. The summed E-state index contributed by atoms with van der Waals surface area (Å²) in [5.74, 6) is -1.54. The van der Waals surface area contributed by atoms with Crippen molar-refractivity contribution >= 4 is 29.2 Å². The summed E-state index contributed by atoms with van der Waals surface area (Å²) in [4.78, 5) is 33.0. The summed E-state index contributed by atoms with van der Waals surface area (Å²) in [5, 5.41) is 10.4. The minimum atomic E-state index is -1.09. The first-order chi connectivity index (χ1) is 9.36. The summed E-state index contributed by atoms with van der Waals surface area (Å²) in [6.07, 6.45) is -1.09. The highest BCUT2D eigenvalue weighted by molar-refractivity contribution is 6.33. The molecule has 0 saturated carbocycles. The summed E-state index contributed by atoms with van der Waals surface area (Å²) in [6, 6.07) is 3.32. The molecule has 108 valence electrons. The zero-order chi connectivity index (χ0) is 15.3. The smallest absolute Gasteiger partial charge is 0.347 e. The van der Waals surface area contributed by atoms with Crippen LogP contribution in [0, 0.1) is 10.1 Å². The molecule has 0 saturated heterocycles. The molecule has 20 heavy (non-hydrogen) atoms. The molecule has 1 aromatic carbocycles. The number of carbonyl (C=O) groups is 2. The SMILES string of the molecule is CCOC(=O)[C@@H](C)OC(=O)c1ccc([N+](=O)[O-])cc1Cl. The zero-order valence-electron chi connectivity index (χ0n) is 10.8. The lowest BCUT2D eigenvalue weighted by molar-refractivity contribution is -0.384. The molecule has 0 aliphatic carbocycles. The number of hydrogen-bond donors (Lipinski definition) is 0. The van der Waals surface area contributed by atoms with Crippen molar-refractivity contribution in [3.63, 3.8) is 0 Å². The van der Waals surface area contributed by atoms with Crippen LogP contribution in [0.3, 0.4) is 0 Å². The van der Waals surface area contributed by atoms with E-state index in [-0.39, 0.29) is 22.9 Å². The molecule has 7 nitrogen and oxygen atoms in total. The van der Waals surface area contributed by atoms with Crippen molar-refractivity contribution in [2.75, 3.05) is 6.61 Å². The molecule has 0 radical (unpaired) electrons. The molecule has 1 atom stereocenters. The van der Waals surface area contributed by atoms with E-state index in [9.17, 15) is 19.7 Å². The van der Waals surface area contributed by atoms with Crippen molar-refractivity contribution in [2.45, 2.75) is 20.0 Å². The van der Waals surface area contributed by atoms with Crippen molar-refractivity contribution in [1.82, 2.24) is 0 Å². The van der Waals surface area contributed by atoms with Crippen LogP contribution < -0.4 is 0 Å². The van der Waals surface area contributed by atoms with E-state index in [0.717, 1.165) is 12.1 Å². The average Bonchev–Trinajstić information content (AvgIpc) is 2.38. The largest absolute Gasteiger partial charge is 0.463 e. The van der Waals surface area contributed by atoms with Crippen LogP contribution in [0.15, 0.2) is 18.2 Å². The molecule has 1 rings (SSSR count). The van der Waals surface area contributed by atoms with Crippen LogP contribution >= 0.6 is 11.6 Å². The molecular weight excluding hydrogens is 290 g/mol. The van der Waals surface area contributed by atoms with Crippen LogP contribution in [0.2, 0.25) is 5.02 Å². The van der Waals surface area contributed by atoms with Gasteiger partial charge in [-0.1, -0.05) is 11.6 Å². The van der Waals surface area contributed by atoms with E-state index in [1.807, 2.05) is 0 Å². The first-order valence-corrected chi connectivity index (χ1v) is 6.06. The van der Waals surface area contributed by atoms with Gasteiger partial charge in [0.1, 0.15) is 0 Å². The van der Waals surface area contributed by atoms with E-state index < -0.39 is 23.0 Å². The van der Waals surface area contributed by atoms with Crippen LogP contribution in [0.4, 0.5) is 5.69 Å². The molecule has 0 N–H and O–H groups in total. The second-order valence-electron chi connectivity index (χ2n) is 3.72. The number of carbonyl (C=O) groups excluding carboxylic acids is 2. The van der Waals surface area contributed by atoms with Gasteiger partial charge in [0.15, 0.2) is 6.10 Å². The van der Waals surface area contributed by atoms with E-state index in [1.165, 1.54) is 13.0 Å². The maximum atomic E-state index is 11.8. The molecule has 0 heterocycles. The topological polar surface area (TPSA) is 95.7 Å². The Kier molecular flexibility index (Phi) is 5.45. The summed E-state index contributed by atoms with van der Waals surface area (Å²) < 4.78 is 9.55. The van der Waals surface area contributed by atoms with Gasteiger partial charge in [0, 0.05) is 12.1 Å². The third kappa shape index (κ3) is 3.92. The lowest BCUT2D eigenvalue weighted by Crippen LogP contribution is -2.26. The van der Waals surface area contributed by atoms with Gasteiger partial charge in [0.2, 0.25) is 0 Å². The van der Waals surface area contributed by atoms with Gasteiger partial charge < -0.3 is 9.47 Å². The monoisotopic (exact) mass is 301 g/mol. The number of non-ortho nitro benzene ring substituents is 1. The van der Waals surface area contributed by atoms with Crippen molar-refractivity contribution in [3.05, 3.63) is 38.9 Å². The highest BCUT2D eigenvalue weighted by Crippen LogP contribution is 2.23. The average molecular weight is 302 g/mol. The minimum Gasteiger partial charge on any atom is -0.463 e. The molecule has 0 aromatic heterocycles. The summed E-state index contributed by atoms with van der Waals surface area (Å²) >= 11 is 5.77. The molecular formula is C12H12ClNO6. The van der Waals surface area contributed by atoms with E-state index in [4.69, 9.17) is 16.3 Å². The van der Waals surface area contributed by atoms with Crippen LogP contribution in [0.1, 0.15) is 24.2 Å². The minimum absolute atomic E-state index is 0.0617. The fraction of sp³-hybridized carbons (Fsp3) is 0.333. The molecule has 0 aliphatic heterocycles. The predicted molar refractivity (Wildman–Crippen MR) is 69.6 cm³/mol. The van der Waals surface area contributed by atoms with Crippen LogP contribution in [0.5, 0.6) is 0 Å². The number of rotatable bonds is 5.